The number of halogens is 1. The van der Waals surface area contributed by atoms with Crippen LogP contribution in [0.15, 0.2) is 0 Å². The highest BCUT2D eigenvalue weighted by Gasteiger charge is 1.97. The van der Waals surface area contributed by atoms with E-state index in [-0.39, 0.29) is 5.38 Å². The van der Waals surface area contributed by atoms with E-state index in [1.807, 2.05) is 0 Å². The van der Waals surface area contributed by atoms with E-state index in [0.29, 0.717) is 0 Å². The summed E-state index contributed by atoms with van der Waals surface area (Å²) in [6.07, 6.45) is 2.06. The molecule has 3 N–H and O–H groups in total. The Kier molecular flexibility index (Phi) is 7.47. The van der Waals surface area contributed by atoms with E-state index in [4.69, 9.17) is 17.3 Å². The van der Waals surface area contributed by atoms with Gasteiger partial charge in [-0.25, -0.2) is 0 Å². The third-order valence-electron chi connectivity index (χ3n) is 1.37. The van der Waals surface area contributed by atoms with E-state index in [1.165, 1.54) is 0 Å². The molecule has 62 valence electrons. The second-order valence-corrected chi connectivity index (χ2v) is 2.97. The lowest BCUT2D eigenvalue weighted by Crippen LogP contribution is -2.25. The summed E-state index contributed by atoms with van der Waals surface area (Å²) >= 11 is 5.85. The van der Waals surface area contributed by atoms with Crippen LogP contribution in [0.2, 0.25) is 0 Å². The summed E-state index contributed by atoms with van der Waals surface area (Å²) in [7, 11) is 0. The molecule has 1 unspecified atom stereocenters. The van der Waals surface area contributed by atoms with Crippen molar-refractivity contribution in [3.05, 3.63) is 0 Å². The Labute approximate surface area is 68.1 Å². The second kappa shape index (κ2) is 7.32. The largest absolute Gasteiger partial charge is 0.330 e. The maximum atomic E-state index is 5.85. The predicted molar refractivity (Wildman–Crippen MR) is 46.5 cm³/mol. The van der Waals surface area contributed by atoms with Gasteiger partial charge in [-0.2, -0.15) is 0 Å². The standard InChI is InChI=1S/C7H17ClN2/c1-2-7(8)6-10-5-3-4-9/h7,10H,2-6,9H2,1H3. The minimum absolute atomic E-state index is 0.276. The van der Waals surface area contributed by atoms with Crippen molar-refractivity contribution in [1.82, 2.24) is 5.32 Å². The maximum absolute atomic E-state index is 5.85. The van der Waals surface area contributed by atoms with Gasteiger partial charge in [0.25, 0.3) is 0 Å². The minimum Gasteiger partial charge on any atom is -0.330 e. The Morgan fingerprint density at radius 3 is 2.80 bits per heavy atom. The van der Waals surface area contributed by atoms with Gasteiger partial charge in [-0.15, -0.1) is 11.6 Å². The van der Waals surface area contributed by atoms with Crippen LogP contribution in [0.3, 0.4) is 0 Å². The normalized spacial score (nSPS) is 13.5. The molecule has 0 bridgehead atoms. The van der Waals surface area contributed by atoms with Gasteiger partial charge in [-0.1, -0.05) is 6.92 Å². The topological polar surface area (TPSA) is 38.0 Å². The molecule has 0 heterocycles. The van der Waals surface area contributed by atoms with E-state index in [1.54, 1.807) is 0 Å². The second-order valence-electron chi connectivity index (χ2n) is 2.35. The van der Waals surface area contributed by atoms with E-state index in [0.717, 1.165) is 32.5 Å². The highest BCUT2D eigenvalue weighted by atomic mass is 35.5. The van der Waals surface area contributed by atoms with Gasteiger partial charge in [0.15, 0.2) is 0 Å². The van der Waals surface area contributed by atoms with Crippen LogP contribution in [0.4, 0.5) is 0 Å². The first kappa shape index (κ1) is 10.2. The molecule has 0 aromatic rings. The number of nitrogens with one attached hydrogen (secondary N) is 1. The van der Waals surface area contributed by atoms with E-state index in [9.17, 15) is 0 Å². The number of rotatable bonds is 6. The van der Waals surface area contributed by atoms with Crippen LogP contribution in [0.25, 0.3) is 0 Å². The molecule has 10 heavy (non-hydrogen) atoms. The molecule has 0 aliphatic heterocycles. The molecular formula is C7H17ClN2. The Bertz CT molecular complexity index is 68.6. The lowest BCUT2D eigenvalue weighted by molar-refractivity contribution is 0.626. The lowest BCUT2D eigenvalue weighted by Gasteiger charge is -2.06. The molecule has 0 rings (SSSR count). The fourth-order valence-corrected chi connectivity index (χ4v) is 0.739. The average Bonchev–Trinajstić information content (AvgIpc) is 1.98. The van der Waals surface area contributed by atoms with Crippen molar-refractivity contribution in [2.75, 3.05) is 19.6 Å². The zero-order valence-corrected chi connectivity index (χ0v) is 7.32. The van der Waals surface area contributed by atoms with Gasteiger partial charge in [0, 0.05) is 11.9 Å². The Hall–Kier alpha value is 0.210. The number of hydrogen-bond donors (Lipinski definition) is 2. The van der Waals surface area contributed by atoms with E-state index in [2.05, 4.69) is 12.2 Å². The fourth-order valence-electron chi connectivity index (χ4n) is 0.630. The predicted octanol–water partition coefficient (Wildman–Crippen LogP) is 0.942. The monoisotopic (exact) mass is 164 g/mol. The first-order chi connectivity index (χ1) is 4.81. The summed E-state index contributed by atoms with van der Waals surface area (Å²) in [6, 6.07) is 0. The molecule has 0 aliphatic rings. The van der Waals surface area contributed by atoms with Gasteiger partial charge < -0.3 is 11.1 Å². The van der Waals surface area contributed by atoms with Gasteiger partial charge >= 0.3 is 0 Å². The molecule has 0 radical (unpaired) electrons. The van der Waals surface area contributed by atoms with Crippen LogP contribution in [-0.2, 0) is 0 Å². The molecule has 0 aromatic carbocycles. The van der Waals surface area contributed by atoms with Crippen molar-refractivity contribution in [2.45, 2.75) is 25.1 Å². The van der Waals surface area contributed by atoms with Gasteiger partial charge in [0.1, 0.15) is 0 Å². The number of nitrogens with two attached hydrogens (primary N) is 1. The summed E-state index contributed by atoms with van der Waals surface area (Å²) < 4.78 is 0. The highest BCUT2D eigenvalue weighted by Crippen LogP contribution is 1.97. The molecule has 0 saturated carbocycles. The SMILES string of the molecule is CCC(Cl)CNCCCN. The van der Waals surface area contributed by atoms with Crippen molar-refractivity contribution < 1.29 is 0 Å². The van der Waals surface area contributed by atoms with Crippen LogP contribution in [0.5, 0.6) is 0 Å². The third kappa shape index (κ3) is 6.33. The minimum atomic E-state index is 0.276. The molecule has 3 heteroatoms. The fraction of sp³-hybridized carbons (Fsp3) is 1.00. The summed E-state index contributed by atoms with van der Waals surface area (Å²) in [5.74, 6) is 0. The molecule has 0 spiro atoms. The maximum Gasteiger partial charge on any atom is 0.0458 e. The molecule has 0 amide bonds. The molecule has 2 nitrogen and oxygen atoms in total. The Morgan fingerprint density at radius 2 is 2.30 bits per heavy atom. The highest BCUT2D eigenvalue weighted by molar-refractivity contribution is 6.20. The molecule has 0 aromatic heterocycles. The van der Waals surface area contributed by atoms with Crippen molar-refractivity contribution in [1.29, 1.82) is 0 Å². The molecule has 0 aliphatic carbocycles. The van der Waals surface area contributed by atoms with Crippen molar-refractivity contribution in [3.63, 3.8) is 0 Å². The molecule has 0 fully saturated rings. The Morgan fingerprint density at radius 1 is 1.60 bits per heavy atom. The zero-order valence-electron chi connectivity index (χ0n) is 6.57. The van der Waals surface area contributed by atoms with Crippen LogP contribution < -0.4 is 11.1 Å². The summed E-state index contributed by atoms with van der Waals surface area (Å²) in [6.45, 7) is 4.73. The summed E-state index contributed by atoms with van der Waals surface area (Å²) in [5, 5.41) is 3.50. The quantitative estimate of drug-likeness (QED) is 0.453. The van der Waals surface area contributed by atoms with Crippen LogP contribution in [-0.4, -0.2) is 25.0 Å². The average molecular weight is 165 g/mol. The van der Waals surface area contributed by atoms with Crippen LogP contribution >= 0.6 is 11.6 Å². The van der Waals surface area contributed by atoms with Crippen LogP contribution in [0.1, 0.15) is 19.8 Å². The van der Waals surface area contributed by atoms with E-state index >= 15 is 0 Å². The first-order valence-corrected chi connectivity index (χ1v) is 4.29. The summed E-state index contributed by atoms with van der Waals surface area (Å²) in [5.41, 5.74) is 5.30. The van der Waals surface area contributed by atoms with E-state index < -0.39 is 0 Å². The molecule has 0 saturated heterocycles. The first-order valence-electron chi connectivity index (χ1n) is 3.86. The number of hydrogen-bond acceptors (Lipinski definition) is 2. The van der Waals surface area contributed by atoms with Crippen LogP contribution in [0, 0.1) is 0 Å². The van der Waals surface area contributed by atoms with Gasteiger partial charge in [-0.3, -0.25) is 0 Å². The summed E-state index contributed by atoms with van der Waals surface area (Å²) in [4.78, 5) is 0. The van der Waals surface area contributed by atoms with Gasteiger partial charge in [0.2, 0.25) is 0 Å². The molecular weight excluding hydrogens is 148 g/mol. The van der Waals surface area contributed by atoms with Gasteiger partial charge in [0.05, 0.1) is 0 Å². The smallest absolute Gasteiger partial charge is 0.0458 e. The third-order valence-corrected chi connectivity index (χ3v) is 1.83. The molecule has 1 atom stereocenters. The van der Waals surface area contributed by atoms with Crippen molar-refractivity contribution >= 4 is 11.6 Å². The van der Waals surface area contributed by atoms with Crippen molar-refractivity contribution in [3.8, 4) is 0 Å². The van der Waals surface area contributed by atoms with Gasteiger partial charge in [-0.05, 0) is 25.9 Å². The Balaban J connectivity index is 2.89. The zero-order chi connectivity index (χ0) is 7.82. The van der Waals surface area contributed by atoms with Crippen molar-refractivity contribution in [2.24, 2.45) is 5.73 Å². The number of alkyl halides is 1. The lowest BCUT2D eigenvalue weighted by atomic mass is 10.3.